The predicted molar refractivity (Wildman–Crippen MR) is 70.8 cm³/mol. The van der Waals surface area contributed by atoms with Gasteiger partial charge in [0, 0.05) is 12.6 Å². The average Bonchev–Trinajstić information content (AvgIpc) is 2.86. The van der Waals surface area contributed by atoms with Crippen LogP contribution in [-0.2, 0) is 10.0 Å². The Labute approximate surface area is 113 Å². The first kappa shape index (κ1) is 13.5. The van der Waals surface area contributed by atoms with Crippen molar-refractivity contribution in [3.63, 3.8) is 0 Å². The number of aliphatic hydroxyl groups is 1. The SMILES string of the molecule is Cc1cc(S(=O)(=O)N2CCC[C@H]2CO)sc1Br. The molecule has 2 heterocycles. The van der Waals surface area contributed by atoms with Crippen molar-refractivity contribution in [2.24, 2.45) is 0 Å². The van der Waals surface area contributed by atoms with E-state index in [0.717, 1.165) is 22.2 Å². The van der Waals surface area contributed by atoms with Crippen LogP contribution < -0.4 is 0 Å². The van der Waals surface area contributed by atoms with Gasteiger partial charge in [-0.05, 0) is 47.3 Å². The summed E-state index contributed by atoms with van der Waals surface area (Å²) in [6.45, 7) is 2.26. The first-order valence-corrected chi connectivity index (χ1v) is 8.40. The summed E-state index contributed by atoms with van der Waals surface area (Å²) in [5, 5.41) is 9.19. The van der Waals surface area contributed by atoms with Gasteiger partial charge in [0.25, 0.3) is 10.0 Å². The van der Waals surface area contributed by atoms with Crippen LogP contribution in [-0.4, -0.2) is 37.0 Å². The predicted octanol–water partition coefficient (Wildman–Crippen LogP) is 1.96. The highest BCUT2D eigenvalue weighted by atomic mass is 79.9. The van der Waals surface area contributed by atoms with E-state index in [-0.39, 0.29) is 12.6 Å². The second kappa shape index (κ2) is 4.97. The Morgan fingerprint density at radius 3 is 2.88 bits per heavy atom. The molecule has 1 aliphatic heterocycles. The van der Waals surface area contributed by atoms with Crippen molar-refractivity contribution in [2.45, 2.75) is 30.0 Å². The van der Waals surface area contributed by atoms with E-state index < -0.39 is 10.0 Å². The van der Waals surface area contributed by atoms with E-state index >= 15 is 0 Å². The minimum absolute atomic E-state index is 0.106. The van der Waals surface area contributed by atoms with Gasteiger partial charge in [0.1, 0.15) is 4.21 Å². The molecule has 96 valence electrons. The largest absolute Gasteiger partial charge is 0.395 e. The molecule has 0 spiro atoms. The molecule has 0 radical (unpaired) electrons. The summed E-state index contributed by atoms with van der Waals surface area (Å²) >= 11 is 4.56. The lowest BCUT2D eigenvalue weighted by Gasteiger charge is -2.21. The van der Waals surface area contributed by atoms with E-state index in [1.165, 1.54) is 15.6 Å². The number of aryl methyl sites for hydroxylation is 1. The Bertz CT molecular complexity index is 492. The third-order valence-electron chi connectivity index (χ3n) is 2.93. The van der Waals surface area contributed by atoms with Crippen molar-refractivity contribution in [3.05, 3.63) is 15.4 Å². The van der Waals surface area contributed by atoms with Crippen molar-refractivity contribution < 1.29 is 13.5 Å². The van der Waals surface area contributed by atoms with Gasteiger partial charge in [0.05, 0.1) is 10.4 Å². The number of hydrogen-bond donors (Lipinski definition) is 1. The second-order valence-corrected chi connectivity index (χ2v) is 8.60. The summed E-state index contributed by atoms with van der Waals surface area (Å²) < 4.78 is 27.4. The monoisotopic (exact) mass is 339 g/mol. The Hall–Kier alpha value is 0.0500. The van der Waals surface area contributed by atoms with Gasteiger partial charge < -0.3 is 5.11 Å². The van der Waals surface area contributed by atoms with Crippen LogP contribution in [0.25, 0.3) is 0 Å². The standard InChI is InChI=1S/C10H14BrNO3S2/c1-7-5-9(16-10(7)11)17(14,15)12-4-2-3-8(12)6-13/h5,8,13H,2-4,6H2,1H3/t8-/m0/s1. The zero-order valence-corrected chi connectivity index (χ0v) is 12.6. The molecule has 1 fully saturated rings. The number of aliphatic hydroxyl groups excluding tert-OH is 1. The van der Waals surface area contributed by atoms with Gasteiger partial charge in [-0.25, -0.2) is 8.42 Å². The van der Waals surface area contributed by atoms with Crippen LogP contribution in [0.1, 0.15) is 18.4 Å². The van der Waals surface area contributed by atoms with Gasteiger partial charge in [-0.2, -0.15) is 4.31 Å². The van der Waals surface area contributed by atoms with Crippen molar-refractivity contribution in [1.29, 1.82) is 0 Å². The minimum atomic E-state index is -3.44. The van der Waals surface area contributed by atoms with E-state index in [1.54, 1.807) is 6.07 Å². The number of hydrogen-bond acceptors (Lipinski definition) is 4. The number of sulfonamides is 1. The van der Waals surface area contributed by atoms with Crippen molar-refractivity contribution >= 4 is 37.3 Å². The van der Waals surface area contributed by atoms with Crippen LogP contribution >= 0.6 is 27.3 Å². The highest BCUT2D eigenvalue weighted by Crippen LogP contribution is 2.34. The fraction of sp³-hybridized carbons (Fsp3) is 0.600. The first-order valence-electron chi connectivity index (χ1n) is 5.35. The van der Waals surface area contributed by atoms with Gasteiger partial charge in [-0.3, -0.25) is 0 Å². The fourth-order valence-electron chi connectivity index (χ4n) is 1.98. The summed E-state index contributed by atoms with van der Waals surface area (Å²) in [5.74, 6) is 0. The van der Waals surface area contributed by atoms with Crippen molar-refractivity contribution in [2.75, 3.05) is 13.2 Å². The lowest BCUT2D eigenvalue weighted by Crippen LogP contribution is -2.37. The molecular weight excluding hydrogens is 326 g/mol. The molecule has 0 aliphatic carbocycles. The van der Waals surface area contributed by atoms with E-state index in [4.69, 9.17) is 0 Å². The van der Waals surface area contributed by atoms with E-state index in [1.807, 2.05) is 6.92 Å². The fourth-order valence-corrected chi connectivity index (χ4v) is 6.02. The Kier molecular flexibility index (Phi) is 3.94. The summed E-state index contributed by atoms with van der Waals surface area (Å²) in [6.07, 6.45) is 1.55. The summed E-state index contributed by atoms with van der Waals surface area (Å²) in [5.41, 5.74) is 0.924. The van der Waals surface area contributed by atoms with E-state index in [9.17, 15) is 13.5 Å². The van der Waals surface area contributed by atoms with Gasteiger partial charge in [0.2, 0.25) is 0 Å². The van der Waals surface area contributed by atoms with Gasteiger partial charge >= 0.3 is 0 Å². The highest BCUT2D eigenvalue weighted by Gasteiger charge is 2.35. The molecule has 1 N–H and O–H groups in total. The molecule has 0 saturated carbocycles. The topological polar surface area (TPSA) is 57.6 Å². The van der Waals surface area contributed by atoms with Crippen molar-refractivity contribution in [3.8, 4) is 0 Å². The molecule has 4 nitrogen and oxygen atoms in total. The zero-order chi connectivity index (χ0) is 12.6. The van der Waals surface area contributed by atoms with Gasteiger partial charge in [-0.1, -0.05) is 0 Å². The molecule has 1 atom stereocenters. The molecule has 17 heavy (non-hydrogen) atoms. The molecule has 1 aromatic rings. The lowest BCUT2D eigenvalue weighted by molar-refractivity contribution is 0.213. The molecule has 1 aromatic heterocycles. The summed E-state index contributed by atoms with van der Waals surface area (Å²) in [6, 6.07) is 1.41. The lowest BCUT2D eigenvalue weighted by atomic mass is 10.2. The number of nitrogens with zero attached hydrogens (tertiary/aromatic N) is 1. The molecule has 0 amide bonds. The van der Waals surface area contributed by atoms with Crippen LogP contribution in [0.15, 0.2) is 14.1 Å². The Morgan fingerprint density at radius 2 is 2.35 bits per heavy atom. The normalized spacial score (nSPS) is 22.2. The van der Waals surface area contributed by atoms with Crippen molar-refractivity contribution in [1.82, 2.24) is 4.31 Å². The molecule has 0 unspecified atom stereocenters. The molecular formula is C10H14BrNO3S2. The Morgan fingerprint density at radius 1 is 1.65 bits per heavy atom. The second-order valence-electron chi connectivity index (χ2n) is 4.12. The third-order valence-corrected chi connectivity index (χ3v) is 7.47. The highest BCUT2D eigenvalue weighted by molar-refractivity contribution is 9.11. The third kappa shape index (κ3) is 2.44. The van der Waals surface area contributed by atoms with Crippen LogP contribution in [0.5, 0.6) is 0 Å². The molecule has 1 aliphatic rings. The Balaban J connectivity index is 2.36. The molecule has 2 rings (SSSR count). The molecule has 0 bridgehead atoms. The van der Waals surface area contributed by atoms with Gasteiger partial charge in [-0.15, -0.1) is 11.3 Å². The van der Waals surface area contributed by atoms with E-state index in [2.05, 4.69) is 15.9 Å². The van der Waals surface area contributed by atoms with Crippen LogP contribution in [0.3, 0.4) is 0 Å². The summed E-state index contributed by atoms with van der Waals surface area (Å²) in [4.78, 5) is 0. The smallest absolute Gasteiger partial charge is 0.252 e. The molecule has 1 saturated heterocycles. The van der Waals surface area contributed by atoms with Crippen LogP contribution in [0.4, 0.5) is 0 Å². The van der Waals surface area contributed by atoms with Crippen LogP contribution in [0, 0.1) is 6.92 Å². The maximum Gasteiger partial charge on any atom is 0.252 e. The maximum atomic E-state index is 12.4. The minimum Gasteiger partial charge on any atom is -0.395 e. The number of thiophene rings is 1. The maximum absolute atomic E-state index is 12.4. The molecule has 7 heteroatoms. The average molecular weight is 340 g/mol. The quantitative estimate of drug-likeness (QED) is 0.915. The van der Waals surface area contributed by atoms with Gasteiger partial charge in [0.15, 0.2) is 0 Å². The van der Waals surface area contributed by atoms with E-state index in [0.29, 0.717) is 10.8 Å². The van der Waals surface area contributed by atoms with Crippen LogP contribution in [0.2, 0.25) is 0 Å². The first-order chi connectivity index (χ1) is 7.96. The molecule has 0 aromatic carbocycles. The number of halogens is 1. The summed E-state index contributed by atoms with van der Waals surface area (Å²) in [7, 11) is -3.44. The number of rotatable bonds is 3. The zero-order valence-electron chi connectivity index (χ0n) is 9.39.